The van der Waals surface area contributed by atoms with Gasteiger partial charge in [-0.05, 0) is 42.5 Å². The number of carbonyl (C=O) groups excluding carboxylic acids is 2. The molecule has 35 heavy (non-hydrogen) atoms. The molecule has 10 nitrogen and oxygen atoms in total. The Labute approximate surface area is 203 Å². The molecule has 0 aliphatic carbocycles. The average molecular weight is 487 g/mol. The van der Waals surface area contributed by atoms with E-state index in [0.717, 1.165) is 16.3 Å². The van der Waals surface area contributed by atoms with Crippen molar-refractivity contribution in [1.82, 2.24) is 9.97 Å². The molecule has 1 aliphatic rings. The predicted molar refractivity (Wildman–Crippen MR) is 130 cm³/mol. The predicted octanol–water partition coefficient (Wildman–Crippen LogP) is 4.14. The molecule has 3 heterocycles. The van der Waals surface area contributed by atoms with Crippen molar-refractivity contribution in [3.8, 4) is 27.7 Å². The van der Waals surface area contributed by atoms with Crippen molar-refractivity contribution in [3.05, 3.63) is 82.4 Å². The number of rotatable bonds is 6. The highest BCUT2D eigenvalue weighted by Gasteiger charge is 2.28. The van der Waals surface area contributed by atoms with Gasteiger partial charge < -0.3 is 10.1 Å². The molecule has 0 atom stereocenters. The molecule has 2 aromatic carbocycles. The summed E-state index contributed by atoms with van der Waals surface area (Å²) in [6.45, 7) is -0.427. The molecule has 0 fully saturated rings. The number of amides is 2. The molecule has 1 aliphatic heterocycles. The summed E-state index contributed by atoms with van der Waals surface area (Å²) in [6, 6.07) is 16.4. The minimum atomic E-state index is -0.520. The third kappa shape index (κ3) is 4.70. The van der Waals surface area contributed by atoms with Crippen LogP contribution in [0.25, 0.3) is 22.0 Å². The summed E-state index contributed by atoms with van der Waals surface area (Å²) < 4.78 is 5.55. The Balaban J connectivity index is 1.37. The number of hydrogen-bond donors (Lipinski definition) is 1. The number of ether oxygens (including phenoxy) is 1. The van der Waals surface area contributed by atoms with Gasteiger partial charge in [-0.15, -0.1) is 11.3 Å². The van der Waals surface area contributed by atoms with Crippen molar-refractivity contribution in [3.63, 3.8) is 0 Å². The topological polar surface area (TPSA) is 128 Å². The van der Waals surface area contributed by atoms with E-state index >= 15 is 0 Å². The summed E-state index contributed by atoms with van der Waals surface area (Å²) in [6.07, 6.45) is 1.71. The summed E-state index contributed by atoms with van der Waals surface area (Å²) in [7, 11) is 0. The van der Waals surface area contributed by atoms with E-state index in [1.807, 2.05) is 29.6 Å². The first-order valence-corrected chi connectivity index (χ1v) is 11.3. The van der Waals surface area contributed by atoms with Gasteiger partial charge in [-0.1, -0.05) is 6.07 Å². The number of thiazole rings is 1. The van der Waals surface area contributed by atoms with Gasteiger partial charge in [0, 0.05) is 35.0 Å². The second kappa shape index (κ2) is 9.31. The summed E-state index contributed by atoms with van der Waals surface area (Å²) in [5.74, 6) is -0.325. The highest BCUT2D eigenvalue weighted by Crippen LogP contribution is 2.37. The summed E-state index contributed by atoms with van der Waals surface area (Å²) in [5, 5.41) is 16.1. The van der Waals surface area contributed by atoms with Crippen molar-refractivity contribution in [1.29, 1.82) is 0 Å². The van der Waals surface area contributed by atoms with Gasteiger partial charge in [0.1, 0.15) is 17.3 Å². The smallest absolute Gasteiger partial charge is 0.269 e. The normalized spacial score (nSPS) is 12.6. The van der Waals surface area contributed by atoms with E-state index in [0.29, 0.717) is 22.8 Å². The lowest BCUT2D eigenvalue weighted by Crippen LogP contribution is -2.43. The minimum absolute atomic E-state index is 0.0824. The van der Waals surface area contributed by atoms with E-state index in [1.54, 1.807) is 18.3 Å². The van der Waals surface area contributed by atoms with Crippen molar-refractivity contribution in [2.45, 2.75) is 0 Å². The molecule has 0 bridgehead atoms. The van der Waals surface area contributed by atoms with Crippen molar-refractivity contribution in [2.24, 2.45) is 0 Å². The first-order valence-electron chi connectivity index (χ1n) is 10.5. The van der Waals surface area contributed by atoms with Crippen LogP contribution in [0.1, 0.15) is 0 Å². The standard InChI is InChI=1S/C24H17N5O5S/c30-22(26-16-5-7-17(8-6-16)29(32)33)12-28-20-11-15(4-9-21(20)34-13-23(28)31)19-14-35-24(27-19)18-3-1-2-10-25-18/h1-11,14H,12-13H2,(H,26,30). The highest BCUT2D eigenvalue weighted by molar-refractivity contribution is 7.13. The molecule has 174 valence electrons. The Kier molecular flexibility index (Phi) is 5.90. The lowest BCUT2D eigenvalue weighted by atomic mass is 10.1. The van der Waals surface area contributed by atoms with Crippen LogP contribution in [-0.2, 0) is 9.59 Å². The quantitative estimate of drug-likeness (QED) is 0.320. The van der Waals surface area contributed by atoms with Crippen LogP contribution in [-0.4, -0.2) is 39.9 Å². The van der Waals surface area contributed by atoms with Crippen LogP contribution in [0.15, 0.2) is 72.2 Å². The molecule has 0 unspecified atom stereocenters. The monoisotopic (exact) mass is 487 g/mol. The third-order valence-corrected chi connectivity index (χ3v) is 6.11. The van der Waals surface area contributed by atoms with E-state index < -0.39 is 10.8 Å². The first-order chi connectivity index (χ1) is 17.0. The number of nitrogens with one attached hydrogen (secondary N) is 1. The number of aromatic nitrogens is 2. The fourth-order valence-electron chi connectivity index (χ4n) is 3.56. The average Bonchev–Trinajstić information content (AvgIpc) is 3.37. The van der Waals surface area contributed by atoms with Gasteiger partial charge in [0.25, 0.3) is 11.6 Å². The largest absolute Gasteiger partial charge is 0.482 e. The molecule has 5 rings (SSSR count). The number of carbonyl (C=O) groups is 2. The van der Waals surface area contributed by atoms with Gasteiger partial charge in [-0.3, -0.25) is 29.6 Å². The Morgan fingerprint density at radius 1 is 1.14 bits per heavy atom. The second-order valence-corrected chi connectivity index (χ2v) is 8.41. The van der Waals surface area contributed by atoms with Crippen molar-refractivity contribution < 1.29 is 19.2 Å². The van der Waals surface area contributed by atoms with E-state index in [-0.39, 0.29) is 24.7 Å². The molecular formula is C24H17N5O5S. The molecule has 0 spiro atoms. The Morgan fingerprint density at radius 2 is 1.97 bits per heavy atom. The minimum Gasteiger partial charge on any atom is -0.482 e. The van der Waals surface area contributed by atoms with Crippen LogP contribution in [0.4, 0.5) is 17.1 Å². The fourth-order valence-corrected chi connectivity index (χ4v) is 4.36. The lowest BCUT2D eigenvalue weighted by Gasteiger charge is -2.29. The van der Waals surface area contributed by atoms with Crippen LogP contribution < -0.4 is 15.0 Å². The Hall–Kier alpha value is -4.64. The number of fused-ring (bicyclic) bond motifs is 1. The molecular weight excluding hydrogens is 470 g/mol. The lowest BCUT2D eigenvalue weighted by molar-refractivity contribution is -0.384. The van der Waals surface area contributed by atoms with Crippen LogP contribution >= 0.6 is 11.3 Å². The molecule has 0 radical (unpaired) electrons. The number of nitrogens with zero attached hydrogens (tertiary/aromatic N) is 4. The number of benzene rings is 2. The number of nitro groups is 1. The van der Waals surface area contributed by atoms with Crippen LogP contribution in [0, 0.1) is 10.1 Å². The molecule has 1 N–H and O–H groups in total. The van der Waals surface area contributed by atoms with Gasteiger partial charge in [0.05, 0.1) is 22.0 Å². The number of non-ortho nitro benzene ring substituents is 1. The van der Waals surface area contributed by atoms with Crippen LogP contribution in [0.5, 0.6) is 5.75 Å². The van der Waals surface area contributed by atoms with Gasteiger partial charge >= 0.3 is 0 Å². The Bertz CT molecular complexity index is 1420. The number of pyridine rings is 1. The molecule has 11 heteroatoms. The van der Waals surface area contributed by atoms with E-state index in [1.165, 1.54) is 40.5 Å². The molecule has 4 aromatic rings. The first kappa shape index (κ1) is 22.2. The molecule has 0 saturated heterocycles. The van der Waals surface area contributed by atoms with E-state index in [4.69, 9.17) is 4.74 Å². The number of anilines is 2. The van der Waals surface area contributed by atoms with Crippen molar-refractivity contribution >= 4 is 40.2 Å². The number of hydrogen-bond acceptors (Lipinski definition) is 8. The zero-order valence-electron chi connectivity index (χ0n) is 18.1. The summed E-state index contributed by atoms with van der Waals surface area (Å²) in [4.78, 5) is 45.9. The van der Waals surface area contributed by atoms with E-state index in [2.05, 4.69) is 15.3 Å². The second-order valence-electron chi connectivity index (χ2n) is 7.56. The zero-order chi connectivity index (χ0) is 24.4. The van der Waals surface area contributed by atoms with Gasteiger partial charge in [-0.25, -0.2) is 4.98 Å². The molecule has 2 amide bonds. The highest BCUT2D eigenvalue weighted by atomic mass is 32.1. The Morgan fingerprint density at radius 3 is 2.71 bits per heavy atom. The van der Waals surface area contributed by atoms with Gasteiger partial charge in [-0.2, -0.15) is 0 Å². The number of nitro benzene ring substituents is 1. The fraction of sp³-hybridized carbons (Fsp3) is 0.0833. The van der Waals surface area contributed by atoms with E-state index in [9.17, 15) is 19.7 Å². The van der Waals surface area contributed by atoms with Gasteiger partial charge in [0.2, 0.25) is 5.91 Å². The maximum absolute atomic E-state index is 12.7. The van der Waals surface area contributed by atoms with Gasteiger partial charge in [0.15, 0.2) is 6.61 Å². The third-order valence-electron chi connectivity index (χ3n) is 5.25. The molecule has 0 saturated carbocycles. The summed E-state index contributed by atoms with van der Waals surface area (Å²) >= 11 is 1.46. The zero-order valence-corrected chi connectivity index (χ0v) is 18.9. The summed E-state index contributed by atoms with van der Waals surface area (Å²) in [5.41, 5.74) is 3.02. The SMILES string of the molecule is O=C(CN1C(=O)COc2ccc(-c3csc(-c4ccccn4)n3)cc21)Nc1ccc([N+](=O)[O-])cc1. The van der Waals surface area contributed by atoms with Crippen molar-refractivity contribution in [2.75, 3.05) is 23.4 Å². The molecule has 2 aromatic heterocycles. The van der Waals surface area contributed by atoms with Crippen LogP contribution in [0.2, 0.25) is 0 Å². The van der Waals surface area contributed by atoms with Crippen LogP contribution in [0.3, 0.4) is 0 Å². The maximum atomic E-state index is 12.7. The maximum Gasteiger partial charge on any atom is 0.269 e.